The van der Waals surface area contributed by atoms with Crippen LogP contribution in [-0.4, -0.2) is 24.1 Å². The minimum atomic E-state index is -0.830. The first-order valence-electron chi connectivity index (χ1n) is 8.47. The van der Waals surface area contributed by atoms with Crippen LogP contribution in [0.5, 0.6) is 5.75 Å². The number of carbonyl (C=O) groups excluding carboxylic acids is 2. The van der Waals surface area contributed by atoms with Crippen LogP contribution < -0.4 is 15.5 Å². The fourth-order valence-electron chi connectivity index (χ4n) is 2.10. The highest BCUT2D eigenvalue weighted by atomic mass is 35.5. The van der Waals surface area contributed by atoms with Crippen molar-refractivity contribution in [2.75, 3.05) is 0 Å². The summed E-state index contributed by atoms with van der Waals surface area (Å²) >= 11 is 6.23. The van der Waals surface area contributed by atoms with Gasteiger partial charge in [0.2, 0.25) is 0 Å². The molecule has 0 aliphatic rings. The number of ether oxygens (including phenoxy) is 1. The Morgan fingerprint density at radius 3 is 2.48 bits per heavy atom. The number of halogens is 1. The van der Waals surface area contributed by atoms with E-state index in [-0.39, 0.29) is 6.04 Å². The molecule has 0 aliphatic carbocycles. The molecule has 0 heterocycles. The second kappa shape index (κ2) is 9.73. The summed E-state index contributed by atoms with van der Waals surface area (Å²) in [5.74, 6) is -1.01. The van der Waals surface area contributed by atoms with Crippen molar-refractivity contribution in [2.45, 2.75) is 33.4 Å². The fourth-order valence-corrected chi connectivity index (χ4v) is 2.35. The van der Waals surface area contributed by atoms with Crippen LogP contribution in [-0.2, 0) is 16.2 Å². The quantitative estimate of drug-likeness (QED) is 0.453. The van der Waals surface area contributed by atoms with Crippen molar-refractivity contribution in [2.24, 2.45) is 5.10 Å². The van der Waals surface area contributed by atoms with Gasteiger partial charge in [0.25, 0.3) is 0 Å². The molecule has 0 bridgehead atoms. The molecule has 0 radical (unpaired) electrons. The zero-order valence-electron chi connectivity index (χ0n) is 15.5. The Morgan fingerprint density at radius 2 is 1.85 bits per heavy atom. The summed E-state index contributed by atoms with van der Waals surface area (Å²) in [6.45, 7) is 5.97. The van der Waals surface area contributed by atoms with E-state index >= 15 is 0 Å². The van der Waals surface area contributed by atoms with Gasteiger partial charge in [-0.05, 0) is 50.1 Å². The highest BCUT2D eigenvalue weighted by Crippen LogP contribution is 2.25. The number of aryl methyl sites for hydroxylation is 1. The third kappa shape index (κ3) is 6.75. The van der Waals surface area contributed by atoms with E-state index in [0.717, 1.165) is 5.56 Å². The second-order valence-corrected chi connectivity index (χ2v) is 6.70. The molecule has 0 aliphatic heterocycles. The number of amides is 2. The zero-order chi connectivity index (χ0) is 19.8. The van der Waals surface area contributed by atoms with Crippen LogP contribution in [0, 0.1) is 6.92 Å². The highest BCUT2D eigenvalue weighted by molar-refractivity contribution is 6.35. The monoisotopic (exact) mass is 387 g/mol. The molecule has 0 spiro atoms. The minimum Gasteiger partial charge on any atom is -0.487 e. The summed E-state index contributed by atoms with van der Waals surface area (Å²) in [7, 11) is 0. The number of benzene rings is 2. The van der Waals surface area contributed by atoms with Gasteiger partial charge in [0.1, 0.15) is 12.4 Å². The van der Waals surface area contributed by atoms with Gasteiger partial charge in [0.15, 0.2) is 0 Å². The number of carbonyl (C=O) groups is 2. The van der Waals surface area contributed by atoms with E-state index < -0.39 is 11.8 Å². The van der Waals surface area contributed by atoms with E-state index in [1.165, 1.54) is 11.8 Å². The van der Waals surface area contributed by atoms with E-state index in [0.29, 0.717) is 22.9 Å². The number of hydrogen-bond acceptors (Lipinski definition) is 4. The standard InChI is InChI=1S/C20H22ClN3O3/c1-13(2)23-19(25)20(26)24-22-11-16-8-9-18(17(21)10-16)27-12-15-6-4-14(3)5-7-15/h4-11,13H,12H2,1-3H3,(H,23,25)(H,24,26)/b22-11-. The van der Waals surface area contributed by atoms with Crippen molar-refractivity contribution in [1.29, 1.82) is 0 Å². The molecule has 0 fully saturated rings. The molecule has 0 unspecified atom stereocenters. The summed E-state index contributed by atoms with van der Waals surface area (Å²) in [6.07, 6.45) is 1.40. The minimum absolute atomic E-state index is 0.126. The molecule has 27 heavy (non-hydrogen) atoms. The smallest absolute Gasteiger partial charge is 0.329 e. The van der Waals surface area contributed by atoms with Gasteiger partial charge in [-0.15, -0.1) is 0 Å². The van der Waals surface area contributed by atoms with Gasteiger partial charge in [0.05, 0.1) is 11.2 Å². The average molecular weight is 388 g/mol. The largest absolute Gasteiger partial charge is 0.487 e. The summed E-state index contributed by atoms with van der Waals surface area (Å²) < 4.78 is 5.73. The Kier molecular flexibility index (Phi) is 7.37. The van der Waals surface area contributed by atoms with Crippen molar-refractivity contribution in [3.63, 3.8) is 0 Å². The van der Waals surface area contributed by atoms with Crippen molar-refractivity contribution in [3.8, 4) is 5.75 Å². The van der Waals surface area contributed by atoms with Gasteiger partial charge in [-0.2, -0.15) is 5.10 Å². The average Bonchev–Trinajstić information content (AvgIpc) is 2.61. The second-order valence-electron chi connectivity index (χ2n) is 6.29. The molecule has 2 aromatic carbocycles. The molecular formula is C20H22ClN3O3. The van der Waals surface area contributed by atoms with Crippen LogP contribution in [0.3, 0.4) is 0 Å². The Labute approximate surface area is 163 Å². The molecule has 0 saturated heterocycles. The number of hydrazone groups is 1. The molecule has 7 heteroatoms. The normalized spacial score (nSPS) is 10.9. The van der Waals surface area contributed by atoms with Gasteiger partial charge >= 0.3 is 11.8 Å². The molecule has 2 amide bonds. The van der Waals surface area contributed by atoms with Gasteiger partial charge in [-0.25, -0.2) is 5.43 Å². The Bertz CT molecular complexity index is 833. The highest BCUT2D eigenvalue weighted by Gasteiger charge is 2.12. The van der Waals surface area contributed by atoms with E-state index in [2.05, 4.69) is 15.8 Å². The predicted octanol–water partition coefficient (Wildman–Crippen LogP) is 3.20. The third-order valence-corrected chi connectivity index (χ3v) is 3.77. The van der Waals surface area contributed by atoms with Crippen LogP contribution in [0.15, 0.2) is 47.6 Å². The third-order valence-electron chi connectivity index (χ3n) is 3.48. The van der Waals surface area contributed by atoms with Crippen LogP contribution >= 0.6 is 11.6 Å². The van der Waals surface area contributed by atoms with Crippen molar-refractivity contribution < 1.29 is 14.3 Å². The SMILES string of the molecule is Cc1ccc(COc2ccc(/C=N\NC(=O)C(=O)NC(C)C)cc2Cl)cc1. The summed E-state index contributed by atoms with van der Waals surface area (Å²) in [5, 5.41) is 6.66. The predicted molar refractivity (Wildman–Crippen MR) is 106 cm³/mol. The first-order chi connectivity index (χ1) is 12.8. The Balaban J connectivity index is 1.90. The maximum Gasteiger partial charge on any atom is 0.329 e. The van der Waals surface area contributed by atoms with Crippen LogP contribution in [0.1, 0.15) is 30.5 Å². The zero-order valence-corrected chi connectivity index (χ0v) is 16.2. The maximum atomic E-state index is 11.5. The lowest BCUT2D eigenvalue weighted by Gasteiger charge is -2.09. The summed E-state index contributed by atoms with van der Waals surface area (Å²) in [5.41, 5.74) is 5.06. The maximum absolute atomic E-state index is 11.5. The van der Waals surface area contributed by atoms with E-state index in [1.54, 1.807) is 32.0 Å². The first-order valence-corrected chi connectivity index (χ1v) is 8.84. The Hall–Kier alpha value is -2.86. The molecule has 2 N–H and O–H groups in total. The molecule has 0 aromatic heterocycles. The molecule has 0 saturated carbocycles. The molecule has 2 aromatic rings. The van der Waals surface area contributed by atoms with Gasteiger partial charge in [0, 0.05) is 6.04 Å². The number of hydrogen-bond donors (Lipinski definition) is 2. The number of nitrogens with one attached hydrogen (secondary N) is 2. The van der Waals surface area contributed by atoms with Crippen LogP contribution in [0.25, 0.3) is 0 Å². The summed E-state index contributed by atoms with van der Waals surface area (Å²) in [4.78, 5) is 23.0. The molecule has 2 rings (SSSR count). The first kappa shape index (κ1) is 20.5. The summed E-state index contributed by atoms with van der Waals surface area (Å²) in [6, 6.07) is 13.1. The van der Waals surface area contributed by atoms with Crippen LogP contribution in [0.2, 0.25) is 5.02 Å². The van der Waals surface area contributed by atoms with Gasteiger partial charge in [-0.3, -0.25) is 9.59 Å². The lowest BCUT2D eigenvalue weighted by Crippen LogP contribution is -2.41. The van der Waals surface area contributed by atoms with Crippen LogP contribution in [0.4, 0.5) is 0 Å². The molecule has 0 atom stereocenters. The van der Waals surface area contributed by atoms with E-state index in [4.69, 9.17) is 16.3 Å². The lowest BCUT2D eigenvalue weighted by atomic mass is 10.2. The molecular weight excluding hydrogens is 366 g/mol. The molecule has 142 valence electrons. The van der Waals surface area contributed by atoms with E-state index in [1.807, 2.05) is 31.2 Å². The van der Waals surface area contributed by atoms with Crippen molar-refractivity contribution >= 4 is 29.6 Å². The number of nitrogens with zero attached hydrogens (tertiary/aromatic N) is 1. The van der Waals surface area contributed by atoms with E-state index in [9.17, 15) is 9.59 Å². The fraction of sp³-hybridized carbons (Fsp3) is 0.250. The number of rotatable bonds is 6. The van der Waals surface area contributed by atoms with Gasteiger partial charge < -0.3 is 10.1 Å². The molecule has 6 nitrogen and oxygen atoms in total. The Morgan fingerprint density at radius 1 is 1.15 bits per heavy atom. The lowest BCUT2D eigenvalue weighted by molar-refractivity contribution is -0.139. The topological polar surface area (TPSA) is 79.8 Å². The van der Waals surface area contributed by atoms with Crippen molar-refractivity contribution in [1.82, 2.24) is 10.7 Å². The van der Waals surface area contributed by atoms with Crippen molar-refractivity contribution in [3.05, 3.63) is 64.2 Å². The van der Waals surface area contributed by atoms with Gasteiger partial charge in [-0.1, -0.05) is 41.4 Å².